The molecule has 0 unspecified atom stereocenters. The van der Waals surface area contributed by atoms with Crippen LogP contribution in [0, 0.1) is 0 Å². The Labute approximate surface area is 67.2 Å². The molecule has 0 fully saturated rings. The van der Waals surface area contributed by atoms with E-state index in [0.29, 0.717) is 11.8 Å². The molecule has 1 heterocycles. The summed E-state index contributed by atoms with van der Waals surface area (Å²) in [5, 5.41) is 7.03. The Hall–Kier alpha value is -0.860. The maximum atomic E-state index is 4.34. The van der Waals surface area contributed by atoms with Crippen LogP contribution < -0.4 is 0 Å². The number of hydrogen-bond donors (Lipinski definition) is 1. The molecule has 0 radical (unpaired) electrons. The minimum Gasteiger partial charge on any atom is -0.263 e. The number of aromatic amines is 1. The molecule has 0 saturated carbocycles. The summed E-state index contributed by atoms with van der Waals surface area (Å²) in [6, 6.07) is 0. The Morgan fingerprint density at radius 2 is 1.73 bits per heavy atom. The summed E-state index contributed by atoms with van der Waals surface area (Å²) in [7, 11) is 0. The summed E-state index contributed by atoms with van der Waals surface area (Å²) >= 11 is 0. The van der Waals surface area contributed by atoms with E-state index in [9.17, 15) is 0 Å². The monoisotopic (exact) mass is 153 g/mol. The lowest BCUT2D eigenvalue weighted by atomic mass is 10.2. The molecule has 0 bridgehead atoms. The Kier molecular flexibility index (Phi) is 2.27. The molecule has 0 spiro atoms. The zero-order valence-electron chi connectivity index (χ0n) is 7.55. The van der Waals surface area contributed by atoms with E-state index >= 15 is 0 Å². The molecule has 0 aliphatic rings. The molecule has 1 aromatic heterocycles. The summed E-state index contributed by atoms with van der Waals surface area (Å²) in [5.41, 5.74) is 0. The van der Waals surface area contributed by atoms with Gasteiger partial charge in [-0.1, -0.05) is 27.7 Å². The maximum absolute atomic E-state index is 4.34. The van der Waals surface area contributed by atoms with E-state index < -0.39 is 0 Å². The SMILES string of the molecule is CC(C)c1n[nH]c(C(C)C)n1. The molecule has 62 valence electrons. The van der Waals surface area contributed by atoms with E-state index in [-0.39, 0.29) is 0 Å². The van der Waals surface area contributed by atoms with Gasteiger partial charge in [-0.15, -0.1) is 0 Å². The van der Waals surface area contributed by atoms with Gasteiger partial charge in [-0.3, -0.25) is 5.10 Å². The first-order chi connectivity index (χ1) is 5.11. The van der Waals surface area contributed by atoms with Crippen LogP contribution >= 0.6 is 0 Å². The van der Waals surface area contributed by atoms with Crippen molar-refractivity contribution in [3.8, 4) is 0 Å². The Balaban J connectivity index is 2.82. The lowest BCUT2D eigenvalue weighted by Crippen LogP contribution is -1.92. The molecular weight excluding hydrogens is 138 g/mol. The molecule has 1 N–H and O–H groups in total. The summed E-state index contributed by atoms with van der Waals surface area (Å²) in [6.07, 6.45) is 0. The van der Waals surface area contributed by atoms with Crippen molar-refractivity contribution in [1.82, 2.24) is 15.2 Å². The Morgan fingerprint density at radius 1 is 1.09 bits per heavy atom. The molecule has 3 nitrogen and oxygen atoms in total. The highest BCUT2D eigenvalue weighted by atomic mass is 15.2. The van der Waals surface area contributed by atoms with Gasteiger partial charge in [0.2, 0.25) is 0 Å². The smallest absolute Gasteiger partial charge is 0.153 e. The molecule has 1 aromatic rings. The van der Waals surface area contributed by atoms with Crippen LogP contribution in [0.25, 0.3) is 0 Å². The molecule has 0 aliphatic carbocycles. The van der Waals surface area contributed by atoms with Crippen molar-refractivity contribution in [2.75, 3.05) is 0 Å². The van der Waals surface area contributed by atoms with Gasteiger partial charge >= 0.3 is 0 Å². The number of aromatic nitrogens is 3. The normalized spacial score (nSPS) is 11.5. The van der Waals surface area contributed by atoms with Crippen molar-refractivity contribution < 1.29 is 0 Å². The van der Waals surface area contributed by atoms with E-state index in [2.05, 4.69) is 42.9 Å². The molecule has 11 heavy (non-hydrogen) atoms. The van der Waals surface area contributed by atoms with Crippen LogP contribution in [0.15, 0.2) is 0 Å². The van der Waals surface area contributed by atoms with Crippen LogP contribution in [0.2, 0.25) is 0 Å². The molecular formula is C8H15N3. The predicted molar refractivity (Wildman–Crippen MR) is 44.6 cm³/mol. The highest BCUT2D eigenvalue weighted by molar-refractivity contribution is 4.97. The van der Waals surface area contributed by atoms with Gasteiger partial charge in [0, 0.05) is 11.8 Å². The number of nitrogens with zero attached hydrogens (tertiary/aromatic N) is 2. The van der Waals surface area contributed by atoms with E-state index in [1.165, 1.54) is 0 Å². The van der Waals surface area contributed by atoms with Gasteiger partial charge in [0.1, 0.15) is 5.82 Å². The van der Waals surface area contributed by atoms with Crippen LogP contribution in [0.3, 0.4) is 0 Å². The van der Waals surface area contributed by atoms with Gasteiger partial charge in [-0.25, -0.2) is 4.98 Å². The van der Waals surface area contributed by atoms with Crippen molar-refractivity contribution >= 4 is 0 Å². The molecule has 0 aliphatic heterocycles. The van der Waals surface area contributed by atoms with E-state index in [0.717, 1.165) is 11.6 Å². The van der Waals surface area contributed by atoms with Gasteiger partial charge in [0.15, 0.2) is 5.82 Å². The van der Waals surface area contributed by atoms with E-state index in [1.807, 2.05) is 0 Å². The fraction of sp³-hybridized carbons (Fsp3) is 0.750. The highest BCUT2D eigenvalue weighted by Gasteiger charge is 2.08. The fourth-order valence-corrected chi connectivity index (χ4v) is 0.804. The first-order valence-electron chi connectivity index (χ1n) is 4.03. The quantitative estimate of drug-likeness (QED) is 0.706. The largest absolute Gasteiger partial charge is 0.263 e. The summed E-state index contributed by atoms with van der Waals surface area (Å²) in [6.45, 7) is 8.38. The number of rotatable bonds is 2. The van der Waals surface area contributed by atoms with Crippen LogP contribution in [0.1, 0.15) is 51.2 Å². The van der Waals surface area contributed by atoms with Crippen molar-refractivity contribution in [3.05, 3.63) is 11.6 Å². The Bertz CT molecular complexity index is 202. The third-order valence-corrected chi connectivity index (χ3v) is 1.58. The standard InChI is InChI=1S/C8H15N3/c1-5(2)7-9-8(6(3)4)11-10-7/h5-6H,1-4H3,(H,9,10,11). The summed E-state index contributed by atoms with van der Waals surface area (Å²) in [5.74, 6) is 2.75. The molecule has 0 atom stereocenters. The minimum atomic E-state index is 0.416. The number of hydrogen-bond acceptors (Lipinski definition) is 2. The van der Waals surface area contributed by atoms with Crippen LogP contribution in [0.4, 0.5) is 0 Å². The van der Waals surface area contributed by atoms with E-state index in [1.54, 1.807) is 0 Å². The molecule has 0 amide bonds. The third kappa shape index (κ3) is 1.79. The first kappa shape index (κ1) is 8.24. The first-order valence-corrected chi connectivity index (χ1v) is 4.03. The average Bonchev–Trinajstić information content (AvgIpc) is 2.33. The maximum Gasteiger partial charge on any atom is 0.153 e. The van der Waals surface area contributed by atoms with E-state index in [4.69, 9.17) is 0 Å². The van der Waals surface area contributed by atoms with Gasteiger partial charge < -0.3 is 0 Å². The Morgan fingerprint density at radius 3 is 2.00 bits per heavy atom. The third-order valence-electron chi connectivity index (χ3n) is 1.58. The minimum absolute atomic E-state index is 0.416. The number of H-pyrrole nitrogens is 1. The van der Waals surface area contributed by atoms with Crippen LogP contribution in [-0.2, 0) is 0 Å². The fourth-order valence-electron chi connectivity index (χ4n) is 0.804. The topological polar surface area (TPSA) is 41.6 Å². The second-order valence-corrected chi connectivity index (χ2v) is 3.39. The number of nitrogens with one attached hydrogen (secondary N) is 1. The van der Waals surface area contributed by atoms with Gasteiger partial charge in [0.05, 0.1) is 0 Å². The van der Waals surface area contributed by atoms with Crippen LogP contribution in [-0.4, -0.2) is 15.2 Å². The van der Waals surface area contributed by atoms with Gasteiger partial charge in [0.25, 0.3) is 0 Å². The second kappa shape index (κ2) is 3.03. The summed E-state index contributed by atoms with van der Waals surface area (Å²) < 4.78 is 0. The molecule has 3 heteroatoms. The van der Waals surface area contributed by atoms with Crippen molar-refractivity contribution in [2.45, 2.75) is 39.5 Å². The van der Waals surface area contributed by atoms with Gasteiger partial charge in [-0.05, 0) is 0 Å². The molecule has 0 aromatic carbocycles. The van der Waals surface area contributed by atoms with Crippen molar-refractivity contribution in [3.63, 3.8) is 0 Å². The zero-order valence-corrected chi connectivity index (χ0v) is 7.55. The highest BCUT2D eigenvalue weighted by Crippen LogP contribution is 2.12. The lowest BCUT2D eigenvalue weighted by molar-refractivity contribution is 0.770. The second-order valence-electron chi connectivity index (χ2n) is 3.39. The van der Waals surface area contributed by atoms with Gasteiger partial charge in [-0.2, -0.15) is 5.10 Å². The lowest BCUT2D eigenvalue weighted by Gasteiger charge is -1.96. The predicted octanol–water partition coefficient (Wildman–Crippen LogP) is 2.05. The molecule has 0 saturated heterocycles. The summed E-state index contributed by atoms with van der Waals surface area (Å²) in [4.78, 5) is 4.34. The van der Waals surface area contributed by atoms with Crippen LogP contribution in [0.5, 0.6) is 0 Å². The van der Waals surface area contributed by atoms with Crippen molar-refractivity contribution in [2.24, 2.45) is 0 Å². The molecule has 1 rings (SSSR count). The zero-order chi connectivity index (χ0) is 8.43. The average molecular weight is 153 g/mol. The van der Waals surface area contributed by atoms with Crippen molar-refractivity contribution in [1.29, 1.82) is 0 Å².